The summed E-state index contributed by atoms with van der Waals surface area (Å²) >= 11 is 0. The Morgan fingerprint density at radius 2 is 1.93 bits per heavy atom. The molecule has 0 bridgehead atoms. The molecule has 2 aromatic heterocycles. The lowest BCUT2D eigenvalue weighted by atomic mass is 10.2. The number of furan rings is 1. The highest BCUT2D eigenvalue weighted by atomic mass is 19.1. The number of aromatic nitrogens is 3. The number of hydrogen-bond acceptors (Lipinski definition) is 5. The van der Waals surface area contributed by atoms with Gasteiger partial charge in [0, 0.05) is 11.3 Å². The first-order valence-electron chi connectivity index (χ1n) is 9.34. The van der Waals surface area contributed by atoms with Crippen LogP contribution in [0.15, 0.2) is 71.3 Å². The molecule has 30 heavy (non-hydrogen) atoms. The van der Waals surface area contributed by atoms with Gasteiger partial charge in [0.1, 0.15) is 5.82 Å². The molecule has 0 fully saturated rings. The molecular weight excluding hydrogens is 387 g/mol. The van der Waals surface area contributed by atoms with Gasteiger partial charge in [0.05, 0.1) is 18.1 Å². The number of hydrogen-bond donors (Lipinski definition) is 1. The summed E-state index contributed by atoms with van der Waals surface area (Å²) in [6.45, 7) is 3.78. The van der Waals surface area contributed by atoms with Crippen molar-refractivity contribution in [1.29, 1.82) is 0 Å². The zero-order valence-corrected chi connectivity index (χ0v) is 16.4. The summed E-state index contributed by atoms with van der Waals surface area (Å²) in [5.41, 5.74) is 1.51. The Kier molecular flexibility index (Phi) is 5.30. The summed E-state index contributed by atoms with van der Waals surface area (Å²) in [5.74, 6) is 0.178. The molecule has 0 aliphatic rings. The maximum absolute atomic E-state index is 13.3. The van der Waals surface area contributed by atoms with Gasteiger partial charge in [-0.3, -0.25) is 4.79 Å². The molecule has 0 aliphatic carbocycles. The minimum Gasteiger partial charge on any atom is -0.461 e. The van der Waals surface area contributed by atoms with Crippen molar-refractivity contribution in [3.63, 3.8) is 0 Å². The molecule has 152 valence electrons. The fourth-order valence-corrected chi connectivity index (χ4v) is 2.82. The fraction of sp³-hybridized carbons (Fsp3) is 0.136. The minimum atomic E-state index is -0.464. The summed E-state index contributed by atoms with van der Waals surface area (Å²) in [6, 6.07) is 16.3. The van der Waals surface area contributed by atoms with Gasteiger partial charge in [-0.25, -0.2) is 9.07 Å². The van der Waals surface area contributed by atoms with Crippen molar-refractivity contribution < 1.29 is 18.3 Å². The van der Waals surface area contributed by atoms with Crippen LogP contribution in [-0.4, -0.2) is 26.8 Å². The van der Waals surface area contributed by atoms with E-state index in [4.69, 9.17) is 9.15 Å². The van der Waals surface area contributed by atoms with Crippen LogP contribution in [-0.2, 0) is 0 Å². The second-order valence-electron chi connectivity index (χ2n) is 6.79. The van der Waals surface area contributed by atoms with Crippen LogP contribution in [0.2, 0.25) is 0 Å². The molecule has 4 aromatic rings. The molecule has 0 radical (unpaired) electrons. The van der Waals surface area contributed by atoms with Crippen molar-refractivity contribution in [2.45, 2.75) is 20.0 Å². The topological polar surface area (TPSA) is 82.2 Å². The van der Waals surface area contributed by atoms with Gasteiger partial charge in [-0.15, -0.1) is 5.10 Å². The van der Waals surface area contributed by atoms with E-state index in [0.29, 0.717) is 23.0 Å². The van der Waals surface area contributed by atoms with Crippen LogP contribution in [0.5, 0.6) is 6.01 Å². The van der Waals surface area contributed by atoms with Gasteiger partial charge in [-0.1, -0.05) is 6.07 Å². The van der Waals surface area contributed by atoms with Crippen LogP contribution in [0.3, 0.4) is 0 Å². The van der Waals surface area contributed by atoms with E-state index in [2.05, 4.69) is 15.4 Å². The number of ether oxygens (including phenoxy) is 1. The van der Waals surface area contributed by atoms with Gasteiger partial charge in [0.2, 0.25) is 5.82 Å². The molecule has 1 N–H and O–H groups in total. The van der Waals surface area contributed by atoms with E-state index >= 15 is 0 Å². The Hall–Kier alpha value is -3.94. The molecule has 4 rings (SSSR count). The SMILES string of the molecule is CC(C)Oc1nc(-c2ccco2)n(-c2ccc(NC(=O)c3cccc(F)c3)cc2)n1. The predicted molar refractivity (Wildman–Crippen MR) is 109 cm³/mol. The monoisotopic (exact) mass is 406 g/mol. The molecule has 8 heteroatoms. The second-order valence-corrected chi connectivity index (χ2v) is 6.79. The third-order valence-corrected chi connectivity index (χ3v) is 4.13. The van der Waals surface area contributed by atoms with Crippen molar-refractivity contribution >= 4 is 11.6 Å². The van der Waals surface area contributed by atoms with E-state index in [1.165, 1.54) is 18.2 Å². The van der Waals surface area contributed by atoms with Crippen molar-refractivity contribution in [3.8, 4) is 23.3 Å². The molecule has 0 saturated heterocycles. The van der Waals surface area contributed by atoms with Gasteiger partial charge in [0.25, 0.3) is 5.91 Å². The molecule has 2 heterocycles. The lowest BCUT2D eigenvalue weighted by Gasteiger charge is -2.08. The largest absolute Gasteiger partial charge is 0.461 e. The molecule has 1 amide bonds. The third kappa shape index (κ3) is 4.22. The Bertz CT molecular complexity index is 1150. The van der Waals surface area contributed by atoms with Gasteiger partial charge in [-0.05, 0) is 68.4 Å². The first-order chi connectivity index (χ1) is 14.5. The zero-order valence-electron chi connectivity index (χ0n) is 16.4. The molecule has 7 nitrogen and oxygen atoms in total. The summed E-state index contributed by atoms with van der Waals surface area (Å²) in [5, 5.41) is 7.16. The number of rotatable bonds is 6. The van der Waals surface area contributed by atoms with Crippen molar-refractivity contribution in [2.75, 3.05) is 5.32 Å². The van der Waals surface area contributed by atoms with Crippen LogP contribution >= 0.6 is 0 Å². The molecule has 0 unspecified atom stereocenters. The van der Waals surface area contributed by atoms with E-state index in [1.54, 1.807) is 53.4 Å². The van der Waals surface area contributed by atoms with E-state index in [0.717, 1.165) is 0 Å². The summed E-state index contributed by atoms with van der Waals surface area (Å²) < 4.78 is 26.0. The van der Waals surface area contributed by atoms with E-state index < -0.39 is 11.7 Å². The molecule has 2 aromatic carbocycles. The van der Waals surface area contributed by atoms with Crippen molar-refractivity contribution in [1.82, 2.24) is 14.8 Å². The van der Waals surface area contributed by atoms with E-state index in [1.807, 2.05) is 13.8 Å². The lowest BCUT2D eigenvalue weighted by Crippen LogP contribution is -2.12. The first-order valence-corrected chi connectivity index (χ1v) is 9.34. The van der Waals surface area contributed by atoms with Gasteiger partial charge < -0.3 is 14.5 Å². The number of anilines is 1. The summed E-state index contributed by atoms with van der Waals surface area (Å²) in [6.07, 6.45) is 1.48. The molecule has 0 aliphatic heterocycles. The standard InChI is InChI=1S/C22H19FN4O3/c1-14(2)30-22-25-20(19-7-4-12-29-19)27(26-22)18-10-8-17(9-11-18)24-21(28)15-5-3-6-16(23)13-15/h3-14H,1-2H3,(H,24,28). The highest BCUT2D eigenvalue weighted by Gasteiger charge is 2.17. The zero-order chi connectivity index (χ0) is 21.1. The summed E-state index contributed by atoms with van der Waals surface area (Å²) in [7, 11) is 0. The molecule has 0 atom stereocenters. The predicted octanol–water partition coefficient (Wildman–Crippen LogP) is 4.71. The highest BCUT2D eigenvalue weighted by molar-refractivity contribution is 6.04. The van der Waals surface area contributed by atoms with Crippen molar-refractivity contribution in [3.05, 3.63) is 78.3 Å². The number of carbonyl (C=O) groups is 1. The van der Waals surface area contributed by atoms with E-state index in [-0.39, 0.29) is 17.7 Å². The maximum atomic E-state index is 13.3. The van der Waals surface area contributed by atoms with Gasteiger partial charge in [0.15, 0.2) is 5.76 Å². The molecular formula is C22H19FN4O3. The number of benzene rings is 2. The molecule has 0 saturated carbocycles. The fourth-order valence-electron chi connectivity index (χ4n) is 2.82. The number of nitrogens with one attached hydrogen (secondary N) is 1. The van der Waals surface area contributed by atoms with Crippen LogP contribution in [0, 0.1) is 5.82 Å². The number of halogens is 1. The Balaban J connectivity index is 1.59. The van der Waals surface area contributed by atoms with Gasteiger partial charge in [-0.2, -0.15) is 4.98 Å². The maximum Gasteiger partial charge on any atom is 0.336 e. The van der Waals surface area contributed by atoms with Crippen LogP contribution in [0.4, 0.5) is 10.1 Å². The van der Waals surface area contributed by atoms with Crippen LogP contribution in [0.25, 0.3) is 17.3 Å². The number of carbonyl (C=O) groups excluding carboxylic acids is 1. The third-order valence-electron chi connectivity index (χ3n) is 4.13. The average molecular weight is 406 g/mol. The minimum absolute atomic E-state index is 0.0780. The van der Waals surface area contributed by atoms with Gasteiger partial charge >= 0.3 is 6.01 Å². The Morgan fingerprint density at radius 3 is 2.60 bits per heavy atom. The smallest absolute Gasteiger partial charge is 0.336 e. The number of amides is 1. The Morgan fingerprint density at radius 1 is 1.13 bits per heavy atom. The highest BCUT2D eigenvalue weighted by Crippen LogP contribution is 2.25. The second kappa shape index (κ2) is 8.20. The van der Waals surface area contributed by atoms with Crippen LogP contribution < -0.4 is 10.1 Å². The normalized spacial score (nSPS) is 10.9. The Labute approximate surface area is 172 Å². The van der Waals surface area contributed by atoms with Crippen molar-refractivity contribution in [2.24, 2.45) is 0 Å². The quantitative estimate of drug-likeness (QED) is 0.502. The average Bonchev–Trinajstić information content (AvgIpc) is 3.38. The van der Waals surface area contributed by atoms with E-state index in [9.17, 15) is 9.18 Å². The molecule has 0 spiro atoms. The first kappa shape index (κ1) is 19.4. The van der Waals surface area contributed by atoms with Crippen LogP contribution in [0.1, 0.15) is 24.2 Å². The summed E-state index contributed by atoms with van der Waals surface area (Å²) in [4.78, 5) is 16.7. The number of nitrogens with zero attached hydrogens (tertiary/aromatic N) is 3. The lowest BCUT2D eigenvalue weighted by molar-refractivity contribution is 0.102.